The molecule has 0 aromatic carbocycles. The van der Waals surface area contributed by atoms with Crippen LogP contribution < -0.4 is 5.32 Å². The zero-order valence-electron chi connectivity index (χ0n) is 14.8. The summed E-state index contributed by atoms with van der Waals surface area (Å²) in [6.07, 6.45) is 1.72. The fraction of sp³-hybridized carbons (Fsp3) is 0.588. The number of fused-ring (bicyclic) bond motifs is 1. The fourth-order valence-corrected chi connectivity index (χ4v) is 2.49. The number of nitrogens with zero attached hydrogens (tertiary/aromatic N) is 3. The molecule has 6 nitrogen and oxygen atoms in total. The van der Waals surface area contributed by atoms with Gasteiger partial charge in [-0.05, 0) is 32.8 Å². The Kier molecular flexibility index (Phi) is 5.36. The van der Waals surface area contributed by atoms with Gasteiger partial charge in [-0.1, -0.05) is 13.8 Å². The van der Waals surface area contributed by atoms with Crippen molar-refractivity contribution in [3.63, 3.8) is 0 Å². The average Bonchev–Trinajstić information content (AvgIpc) is 2.90. The standard InChI is InChI=1S/C17H26N4O2/c1-10(2)15-7-13(17(22)19-12(5)9-23-6)14-8-18-21(11(3)4)16(14)20-15/h7-8,10-12H,9H2,1-6H3,(H,19,22). The highest BCUT2D eigenvalue weighted by Crippen LogP contribution is 2.24. The van der Waals surface area contributed by atoms with Gasteiger partial charge in [0.1, 0.15) is 0 Å². The number of hydrogen-bond donors (Lipinski definition) is 1. The summed E-state index contributed by atoms with van der Waals surface area (Å²) in [7, 11) is 1.62. The van der Waals surface area contributed by atoms with Gasteiger partial charge in [0.25, 0.3) is 5.91 Å². The lowest BCUT2D eigenvalue weighted by atomic mass is 10.0. The van der Waals surface area contributed by atoms with Crippen LogP contribution in [0.5, 0.6) is 0 Å². The van der Waals surface area contributed by atoms with Crippen molar-refractivity contribution in [2.45, 2.75) is 52.6 Å². The van der Waals surface area contributed by atoms with E-state index >= 15 is 0 Å². The van der Waals surface area contributed by atoms with Crippen LogP contribution in [0.3, 0.4) is 0 Å². The van der Waals surface area contributed by atoms with Crippen LogP contribution in [0.1, 0.15) is 62.6 Å². The van der Waals surface area contributed by atoms with E-state index in [0.717, 1.165) is 16.7 Å². The maximum Gasteiger partial charge on any atom is 0.252 e. The molecule has 0 aliphatic heterocycles. The highest BCUT2D eigenvalue weighted by atomic mass is 16.5. The fourth-order valence-electron chi connectivity index (χ4n) is 2.49. The summed E-state index contributed by atoms with van der Waals surface area (Å²) in [6, 6.07) is 2.00. The summed E-state index contributed by atoms with van der Waals surface area (Å²) in [5.41, 5.74) is 2.27. The number of aromatic nitrogens is 3. The summed E-state index contributed by atoms with van der Waals surface area (Å²) in [6.45, 7) is 10.6. The molecule has 1 unspecified atom stereocenters. The van der Waals surface area contributed by atoms with E-state index in [4.69, 9.17) is 9.72 Å². The lowest BCUT2D eigenvalue weighted by Crippen LogP contribution is -2.35. The lowest BCUT2D eigenvalue weighted by molar-refractivity contribution is 0.0907. The van der Waals surface area contributed by atoms with Crippen molar-refractivity contribution in [3.05, 3.63) is 23.5 Å². The molecule has 2 aromatic rings. The number of nitrogens with one attached hydrogen (secondary N) is 1. The molecule has 2 aromatic heterocycles. The molecule has 1 N–H and O–H groups in total. The number of pyridine rings is 1. The maximum atomic E-state index is 12.7. The summed E-state index contributed by atoms with van der Waals surface area (Å²) in [5.74, 6) is 0.116. The average molecular weight is 318 g/mol. The van der Waals surface area contributed by atoms with Crippen LogP contribution in [0.25, 0.3) is 11.0 Å². The minimum atomic E-state index is -0.118. The number of hydrogen-bond acceptors (Lipinski definition) is 4. The third kappa shape index (κ3) is 3.69. The Morgan fingerprint density at radius 2 is 2.00 bits per heavy atom. The minimum Gasteiger partial charge on any atom is -0.383 e. The Labute approximate surface area is 137 Å². The summed E-state index contributed by atoms with van der Waals surface area (Å²) in [5, 5.41) is 8.15. The Morgan fingerprint density at radius 1 is 1.30 bits per heavy atom. The molecule has 23 heavy (non-hydrogen) atoms. The molecule has 1 atom stereocenters. The number of carbonyl (C=O) groups is 1. The predicted octanol–water partition coefficient (Wildman–Crippen LogP) is 2.90. The van der Waals surface area contributed by atoms with E-state index in [9.17, 15) is 4.79 Å². The van der Waals surface area contributed by atoms with E-state index < -0.39 is 0 Å². The van der Waals surface area contributed by atoms with Gasteiger partial charge in [-0.3, -0.25) is 4.79 Å². The first-order valence-corrected chi connectivity index (χ1v) is 8.03. The van der Waals surface area contributed by atoms with Gasteiger partial charge in [-0.25, -0.2) is 9.67 Å². The van der Waals surface area contributed by atoms with Gasteiger partial charge in [0.15, 0.2) is 5.65 Å². The topological polar surface area (TPSA) is 69.0 Å². The first-order valence-electron chi connectivity index (χ1n) is 8.03. The van der Waals surface area contributed by atoms with Crippen LogP contribution in [-0.4, -0.2) is 40.4 Å². The second-order valence-electron chi connectivity index (χ2n) is 6.50. The summed E-state index contributed by atoms with van der Waals surface area (Å²) >= 11 is 0. The monoisotopic (exact) mass is 318 g/mol. The molecule has 0 saturated heterocycles. The number of methoxy groups -OCH3 is 1. The van der Waals surface area contributed by atoms with Crippen LogP contribution in [-0.2, 0) is 4.74 Å². The van der Waals surface area contributed by atoms with Gasteiger partial charge in [0, 0.05) is 24.9 Å². The molecule has 0 radical (unpaired) electrons. The zero-order chi connectivity index (χ0) is 17.1. The number of rotatable bonds is 6. The third-order valence-corrected chi connectivity index (χ3v) is 3.71. The Morgan fingerprint density at radius 3 is 2.57 bits per heavy atom. The van der Waals surface area contributed by atoms with Crippen molar-refractivity contribution in [2.75, 3.05) is 13.7 Å². The van der Waals surface area contributed by atoms with Gasteiger partial charge in [-0.2, -0.15) is 5.10 Å². The van der Waals surface area contributed by atoms with Crippen molar-refractivity contribution in [1.29, 1.82) is 0 Å². The highest BCUT2D eigenvalue weighted by Gasteiger charge is 2.19. The number of ether oxygens (including phenoxy) is 1. The highest BCUT2D eigenvalue weighted by molar-refractivity contribution is 6.05. The number of amides is 1. The normalized spacial score (nSPS) is 13.0. The molecule has 0 saturated carbocycles. The van der Waals surface area contributed by atoms with Crippen LogP contribution in [0.2, 0.25) is 0 Å². The Bertz CT molecular complexity index is 691. The van der Waals surface area contributed by atoms with Crippen molar-refractivity contribution in [2.24, 2.45) is 0 Å². The second kappa shape index (κ2) is 7.08. The molecule has 1 amide bonds. The molecule has 126 valence electrons. The van der Waals surface area contributed by atoms with Crippen LogP contribution in [0, 0.1) is 0 Å². The van der Waals surface area contributed by atoms with E-state index in [2.05, 4.69) is 38.1 Å². The van der Waals surface area contributed by atoms with Crippen LogP contribution in [0.15, 0.2) is 12.3 Å². The summed E-state index contributed by atoms with van der Waals surface area (Å²) < 4.78 is 6.94. The van der Waals surface area contributed by atoms with Gasteiger partial charge >= 0.3 is 0 Å². The van der Waals surface area contributed by atoms with Gasteiger partial charge in [0.05, 0.1) is 23.8 Å². The molecule has 0 fully saturated rings. The largest absolute Gasteiger partial charge is 0.383 e. The Hall–Kier alpha value is -1.95. The number of carbonyl (C=O) groups excluding carboxylic acids is 1. The third-order valence-electron chi connectivity index (χ3n) is 3.71. The molecular weight excluding hydrogens is 292 g/mol. The van der Waals surface area contributed by atoms with E-state index in [1.807, 2.05) is 17.7 Å². The van der Waals surface area contributed by atoms with Gasteiger partial charge in [0.2, 0.25) is 0 Å². The van der Waals surface area contributed by atoms with Gasteiger partial charge in [-0.15, -0.1) is 0 Å². The first-order chi connectivity index (χ1) is 10.8. The predicted molar refractivity (Wildman–Crippen MR) is 90.8 cm³/mol. The first kappa shape index (κ1) is 17.4. The van der Waals surface area contributed by atoms with Crippen molar-refractivity contribution in [1.82, 2.24) is 20.1 Å². The molecule has 0 spiro atoms. The van der Waals surface area contributed by atoms with Crippen molar-refractivity contribution >= 4 is 16.9 Å². The van der Waals surface area contributed by atoms with E-state index in [-0.39, 0.29) is 23.9 Å². The van der Waals surface area contributed by atoms with Crippen LogP contribution in [0.4, 0.5) is 0 Å². The zero-order valence-corrected chi connectivity index (χ0v) is 14.8. The molecule has 6 heteroatoms. The molecule has 0 bridgehead atoms. The smallest absolute Gasteiger partial charge is 0.252 e. The van der Waals surface area contributed by atoms with E-state index in [1.54, 1.807) is 13.3 Å². The van der Waals surface area contributed by atoms with Gasteiger partial charge < -0.3 is 10.1 Å². The van der Waals surface area contributed by atoms with Crippen LogP contribution >= 0.6 is 0 Å². The minimum absolute atomic E-state index is 0.0571. The van der Waals surface area contributed by atoms with E-state index in [0.29, 0.717) is 12.2 Å². The lowest BCUT2D eigenvalue weighted by Gasteiger charge is -2.15. The summed E-state index contributed by atoms with van der Waals surface area (Å²) in [4.78, 5) is 17.4. The quantitative estimate of drug-likeness (QED) is 0.889. The second-order valence-corrected chi connectivity index (χ2v) is 6.50. The Balaban J connectivity index is 2.51. The van der Waals surface area contributed by atoms with Crippen molar-refractivity contribution < 1.29 is 9.53 Å². The molecular formula is C17H26N4O2. The van der Waals surface area contributed by atoms with Crippen molar-refractivity contribution in [3.8, 4) is 0 Å². The molecule has 0 aliphatic carbocycles. The maximum absolute atomic E-state index is 12.7. The molecule has 2 heterocycles. The molecule has 2 rings (SSSR count). The SMILES string of the molecule is COCC(C)NC(=O)c1cc(C(C)C)nc2c1cnn2C(C)C. The van der Waals surface area contributed by atoms with E-state index in [1.165, 1.54) is 0 Å². The molecule has 0 aliphatic rings.